The molecule has 2 aliphatic carbocycles. The molecule has 0 saturated carbocycles. The Morgan fingerprint density at radius 1 is 0.328 bits per heavy atom. The maximum Gasteiger partial charge on any atom is 0.0731 e. The number of para-hydroxylation sites is 2. The first-order chi connectivity index (χ1) is 33.3. The molecule has 0 radical (unpaired) electrons. The second-order valence-corrected chi connectivity index (χ2v) is 17.9. The van der Waals surface area contributed by atoms with E-state index in [9.17, 15) is 0 Å². The van der Waals surface area contributed by atoms with E-state index in [1.807, 2.05) is 0 Å². The fourth-order valence-corrected chi connectivity index (χ4v) is 11.9. The molecule has 1 aromatic heterocycles. The monoisotopic (exact) mass is 850 g/mol. The van der Waals surface area contributed by atoms with Crippen LogP contribution in [-0.4, -0.2) is 4.57 Å². The number of nitrogens with zero attached hydrogens (tertiary/aromatic N) is 2. The van der Waals surface area contributed by atoms with Gasteiger partial charge in [-0.05, 0) is 121 Å². The molecule has 1 spiro atoms. The first-order valence-electron chi connectivity index (χ1n) is 23.3. The fourth-order valence-electron chi connectivity index (χ4n) is 11.9. The summed E-state index contributed by atoms with van der Waals surface area (Å²) in [5.74, 6) is 0. The van der Waals surface area contributed by atoms with Crippen LogP contribution in [0.4, 0.5) is 17.1 Å². The Kier molecular flexibility index (Phi) is 8.23. The van der Waals surface area contributed by atoms with Crippen LogP contribution in [0.1, 0.15) is 22.3 Å². The zero-order valence-corrected chi connectivity index (χ0v) is 36.6. The van der Waals surface area contributed by atoms with Gasteiger partial charge in [-0.3, -0.25) is 0 Å². The van der Waals surface area contributed by atoms with Gasteiger partial charge in [-0.15, -0.1) is 0 Å². The van der Waals surface area contributed by atoms with Gasteiger partial charge in [0.1, 0.15) is 0 Å². The van der Waals surface area contributed by atoms with Crippen LogP contribution in [0.25, 0.3) is 82.8 Å². The van der Waals surface area contributed by atoms with Crippen molar-refractivity contribution in [1.82, 2.24) is 4.57 Å². The number of anilines is 3. The summed E-state index contributed by atoms with van der Waals surface area (Å²) in [5.41, 5.74) is 21.9. The third-order valence-electron chi connectivity index (χ3n) is 14.6. The van der Waals surface area contributed by atoms with Crippen LogP contribution in [0.15, 0.2) is 255 Å². The molecule has 0 saturated heterocycles. The lowest BCUT2D eigenvalue weighted by Gasteiger charge is -2.32. The summed E-state index contributed by atoms with van der Waals surface area (Å²) < 4.78 is 2.45. The van der Waals surface area contributed by atoms with Crippen molar-refractivity contribution in [2.45, 2.75) is 5.41 Å². The van der Waals surface area contributed by atoms with E-state index < -0.39 is 5.41 Å². The molecule has 2 nitrogen and oxygen atoms in total. The SMILES string of the molecule is c1ccc(-c2cccc3c2-c2ccccc2C32c3ccccc3-c3cccc(-c4ccc(-n5c6ccccc6c6ccc(N(c7ccccc7)c7cccc8ccccc78)cc65)cc4)c32)cc1. The zero-order valence-electron chi connectivity index (χ0n) is 36.6. The third-order valence-corrected chi connectivity index (χ3v) is 14.6. The highest BCUT2D eigenvalue weighted by Gasteiger charge is 2.53. The number of hydrogen-bond donors (Lipinski definition) is 0. The largest absolute Gasteiger partial charge is 0.310 e. The predicted molar refractivity (Wildman–Crippen MR) is 280 cm³/mol. The summed E-state index contributed by atoms with van der Waals surface area (Å²) in [6.45, 7) is 0. The van der Waals surface area contributed by atoms with E-state index in [2.05, 4.69) is 264 Å². The van der Waals surface area contributed by atoms with E-state index in [4.69, 9.17) is 0 Å². The Balaban J connectivity index is 0.959. The van der Waals surface area contributed by atoms with Gasteiger partial charge in [-0.2, -0.15) is 0 Å². The Labute approximate surface area is 389 Å². The Hall–Kier alpha value is -8.72. The minimum atomic E-state index is -0.490. The molecule has 14 rings (SSSR count). The summed E-state index contributed by atoms with van der Waals surface area (Å²) in [7, 11) is 0. The number of aromatic nitrogens is 1. The van der Waals surface area contributed by atoms with E-state index in [0.717, 1.165) is 28.3 Å². The molecule has 11 aromatic carbocycles. The second kappa shape index (κ2) is 14.7. The van der Waals surface area contributed by atoms with Gasteiger partial charge < -0.3 is 9.47 Å². The maximum absolute atomic E-state index is 2.45. The second-order valence-electron chi connectivity index (χ2n) is 17.9. The number of rotatable bonds is 6. The van der Waals surface area contributed by atoms with Crippen LogP contribution in [0, 0.1) is 0 Å². The molecule has 2 aliphatic rings. The van der Waals surface area contributed by atoms with Crippen molar-refractivity contribution in [2.75, 3.05) is 4.90 Å². The molecule has 12 aromatic rings. The van der Waals surface area contributed by atoms with Crippen LogP contribution in [-0.2, 0) is 5.41 Å². The highest BCUT2D eigenvalue weighted by molar-refractivity contribution is 6.11. The van der Waals surface area contributed by atoms with E-state index >= 15 is 0 Å². The first-order valence-corrected chi connectivity index (χ1v) is 23.3. The van der Waals surface area contributed by atoms with Gasteiger partial charge in [-0.1, -0.05) is 206 Å². The normalized spacial score (nSPS) is 14.3. The van der Waals surface area contributed by atoms with Crippen LogP contribution in [0.2, 0.25) is 0 Å². The van der Waals surface area contributed by atoms with Crippen molar-refractivity contribution >= 4 is 49.6 Å². The molecular weight excluding hydrogens is 809 g/mol. The Morgan fingerprint density at radius 3 is 1.73 bits per heavy atom. The molecule has 1 unspecified atom stereocenters. The highest BCUT2D eigenvalue weighted by Crippen LogP contribution is 2.65. The van der Waals surface area contributed by atoms with Crippen molar-refractivity contribution in [3.63, 3.8) is 0 Å². The Bertz CT molecular complexity index is 3910. The first kappa shape index (κ1) is 37.6. The van der Waals surface area contributed by atoms with E-state index in [1.165, 1.54) is 93.8 Å². The van der Waals surface area contributed by atoms with Gasteiger partial charge in [0.2, 0.25) is 0 Å². The molecule has 1 heterocycles. The van der Waals surface area contributed by atoms with Crippen molar-refractivity contribution in [1.29, 1.82) is 0 Å². The molecule has 0 aliphatic heterocycles. The van der Waals surface area contributed by atoms with Crippen molar-refractivity contribution in [2.24, 2.45) is 0 Å². The molecule has 0 amide bonds. The molecule has 0 N–H and O–H groups in total. The van der Waals surface area contributed by atoms with Crippen LogP contribution >= 0.6 is 0 Å². The summed E-state index contributed by atoms with van der Waals surface area (Å²) in [6.07, 6.45) is 0. The summed E-state index contributed by atoms with van der Waals surface area (Å²) in [6, 6.07) is 94.2. The Morgan fingerprint density at radius 2 is 0.896 bits per heavy atom. The van der Waals surface area contributed by atoms with Crippen LogP contribution in [0.3, 0.4) is 0 Å². The van der Waals surface area contributed by atoms with Gasteiger partial charge in [0, 0.05) is 33.2 Å². The van der Waals surface area contributed by atoms with Gasteiger partial charge >= 0.3 is 0 Å². The molecule has 2 heteroatoms. The summed E-state index contributed by atoms with van der Waals surface area (Å²) in [5, 5.41) is 4.89. The van der Waals surface area contributed by atoms with Crippen molar-refractivity contribution in [3.8, 4) is 50.2 Å². The maximum atomic E-state index is 2.45. The van der Waals surface area contributed by atoms with Crippen molar-refractivity contribution < 1.29 is 0 Å². The highest BCUT2D eigenvalue weighted by atomic mass is 15.1. The zero-order chi connectivity index (χ0) is 44.1. The number of hydrogen-bond acceptors (Lipinski definition) is 1. The number of benzene rings is 11. The number of fused-ring (bicyclic) bond motifs is 14. The lowest BCUT2D eigenvalue weighted by molar-refractivity contribution is 0.796. The van der Waals surface area contributed by atoms with Gasteiger partial charge in [-0.25, -0.2) is 0 Å². The minimum absolute atomic E-state index is 0.490. The third kappa shape index (κ3) is 5.39. The lowest BCUT2D eigenvalue weighted by Crippen LogP contribution is -2.26. The fraction of sp³-hybridized carbons (Fsp3) is 0.0154. The van der Waals surface area contributed by atoms with E-state index in [0.29, 0.717) is 0 Å². The van der Waals surface area contributed by atoms with Gasteiger partial charge in [0.25, 0.3) is 0 Å². The van der Waals surface area contributed by atoms with Gasteiger partial charge in [0.15, 0.2) is 0 Å². The van der Waals surface area contributed by atoms with Crippen LogP contribution in [0.5, 0.6) is 0 Å². The van der Waals surface area contributed by atoms with Crippen LogP contribution < -0.4 is 4.90 Å². The predicted octanol–water partition coefficient (Wildman–Crippen LogP) is 17.1. The summed E-state index contributed by atoms with van der Waals surface area (Å²) >= 11 is 0. The minimum Gasteiger partial charge on any atom is -0.310 e. The average molecular weight is 851 g/mol. The van der Waals surface area contributed by atoms with Crippen molar-refractivity contribution in [3.05, 3.63) is 277 Å². The summed E-state index contributed by atoms with van der Waals surface area (Å²) in [4.78, 5) is 2.40. The van der Waals surface area contributed by atoms with E-state index in [-0.39, 0.29) is 0 Å². The van der Waals surface area contributed by atoms with Gasteiger partial charge in [0.05, 0.1) is 22.1 Å². The topological polar surface area (TPSA) is 8.17 Å². The quantitative estimate of drug-likeness (QED) is 0.162. The lowest BCUT2D eigenvalue weighted by atomic mass is 9.68. The molecule has 0 fully saturated rings. The average Bonchev–Trinajstić information content (AvgIpc) is 4.01. The molecule has 312 valence electrons. The molecule has 1 atom stereocenters. The molecular formula is C65H42N2. The smallest absolute Gasteiger partial charge is 0.0731 e. The standard InChI is InChI=1S/C65H42N2/c1-3-18-44(19-4-1)50-28-17-33-59-63(50)56-27-10-13-32-58(56)65(59)57-31-12-9-25-52(57)55-30-16-29-51(64(55)65)45-36-38-47(39-37-45)67-61-34-14-11-26-53(61)54-41-40-48(42-62(54)67)66(46-22-5-2-6-23-46)60-35-15-21-43-20-7-8-24-49(43)60/h1-42H. The van der Waals surface area contributed by atoms with E-state index in [1.54, 1.807) is 0 Å². The molecule has 67 heavy (non-hydrogen) atoms. The molecule has 0 bridgehead atoms.